The smallest absolute Gasteiger partial charge is 0.339 e. The minimum absolute atomic E-state index is 0.105. The number of rotatable bonds is 4. The van der Waals surface area contributed by atoms with Gasteiger partial charge in [0.25, 0.3) is 0 Å². The maximum absolute atomic E-state index is 14.7. The second kappa shape index (κ2) is 6.68. The van der Waals surface area contributed by atoms with Gasteiger partial charge in [0.2, 0.25) is 0 Å². The molecule has 1 aliphatic rings. The highest BCUT2D eigenvalue weighted by Gasteiger charge is 2.34. The Morgan fingerprint density at radius 1 is 1.12 bits per heavy atom. The molecule has 0 spiro atoms. The van der Waals surface area contributed by atoms with Gasteiger partial charge in [-0.3, -0.25) is 0 Å². The minimum Gasteiger partial charge on any atom is -0.454 e. The van der Waals surface area contributed by atoms with Crippen molar-refractivity contribution >= 4 is 27.0 Å². The van der Waals surface area contributed by atoms with E-state index in [0.29, 0.717) is 16.7 Å². The Kier molecular flexibility index (Phi) is 4.71. The summed E-state index contributed by atoms with van der Waals surface area (Å²) in [7, 11) is -3.52. The van der Waals surface area contributed by atoms with Crippen LogP contribution in [0.1, 0.15) is 30.5 Å². The molecule has 0 saturated carbocycles. The third-order valence-electron chi connectivity index (χ3n) is 4.47. The van der Waals surface area contributed by atoms with Crippen molar-refractivity contribution in [2.45, 2.75) is 31.3 Å². The van der Waals surface area contributed by atoms with Gasteiger partial charge < -0.3 is 4.74 Å². The molecule has 0 bridgehead atoms. The first-order valence-electron chi connectivity index (χ1n) is 8.26. The number of benzene rings is 2. The molecular weight excluding hydrogens is 355 g/mol. The summed E-state index contributed by atoms with van der Waals surface area (Å²) in [6.45, 7) is 3.70. The zero-order valence-corrected chi connectivity index (χ0v) is 15.6. The lowest BCUT2D eigenvalue weighted by Gasteiger charge is -2.11. The average molecular weight is 374 g/mol. The Morgan fingerprint density at radius 3 is 2.31 bits per heavy atom. The van der Waals surface area contributed by atoms with Crippen molar-refractivity contribution in [3.8, 4) is 0 Å². The molecule has 136 valence electrons. The van der Waals surface area contributed by atoms with Crippen molar-refractivity contribution < 1.29 is 22.3 Å². The fourth-order valence-electron chi connectivity index (χ4n) is 3.07. The summed E-state index contributed by atoms with van der Waals surface area (Å²) in [5, 5.41) is 0. The quantitative estimate of drug-likeness (QED) is 0.767. The predicted octanol–water partition coefficient (Wildman–Crippen LogP) is 3.65. The van der Waals surface area contributed by atoms with Crippen LogP contribution in [-0.2, 0) is 25.8 Å². The number of carbonyl (C=O) groups excluding carboxylic acids is 1. The molecular formula is C20H19FO4S. The van der Waals surface area contributed by atoms with E-state index in [4.69, 9.17) is 4.74 Å². The zero-order valence-electron chi connectivity index (χ0n) is 14.7. The monoisotopic (exact) mass is 374 g/mol. The largest absolute Gasteiger partial charge is 0.454 e. The van der Waals surface area contributed by atoms with Gasteiger partial charge in [0.15, 0.2) is 9.84 Å². The normalized spacial score (nSPS) is 17.5. The fraction of sp³-hybridized carbons (Fsp3) is 0.250. The van der Waals surface area contributed by atoms with Crippen molar-refractivity contribution in [1.82, 2.24) is 0 Å². The molecule has 0 radical (unpaired) electrons. The minimum atomic E-state index is -3.52. The molecule has 4 nitrogen and oxygen atoms in total. The number of hydrogen-bond acceptors (Lipinski definition) is 4. The van der Waals surface area contributed by atoms with Gasteiger partial charge in [0.05, 0.1) is 10.5 Å². The summed E-state index contributed by atoms with van der Waals surface area (Å²) in [5.41, 5.74) is 2.69. The predicted molar refractivity (Wildman–Crippen MR) is 97.7 cm³/mol. The average Bonchev–Trinajstić information content (AvgIpc) is 2.88. The van der Waals surface area contributed by atoms with Crippen molar-refractivity contribution in [3.05, 3.63) is 65.0 Å². The van der Waals surface area contributed by atoms with E-state index in [9.17, 15) is 17.6 Å². The van der Waals surface area contributed by atoms with Crippen LogP contribution in [0.2, 0.25) is 0 Å². The standard InChI is InChI=1S/C20H19FO4S/c1-4-13-5-7-14(8-6-13)19-18(12(2)25-20(19)22)16-10-9-15(11-17(16)21)26(3,23)24/h5-12H,4H2,1-3H3. The van der Waals surface area contributed by atoms with Gasteiger partial charge in [-0.2, -0.15) is 0 Å². The Hall–Kier alpha value is -2.47. The highest BCUT2D eigenvalue weighted by Crippen LogP contribution is 2.38. The van der Waals surface area contributed by atoms with Crippen LogP contribution in [0.25, 0.3) is 11.1 Å². The third-order valence-corrected chi connectivity index (χ3v) is 5.58. The highest BCUT2D eigenvalue weighted by molar-refractivity contribution is 7.90. The number of ether oxygens (including phenoxy) is 1. The first-order chi connectivity index (χ1) is 12.2. The number of hydrogen-bond donors (Lipinski definition) is 0. The summed E-state index contributed by atoms with van der Waals surface area (Å²) in [5.74, 6) is -1.21. The van der Waals surface area contributed by atoms with Crippen molar-refractivity contribution in [2.75, 3.05) is 6.26 Å². The van der Waals surface area contributed by atoms with Gasteiger partial charge in [-0.1, -0.05) is 37.3 Å². The lowest BCUT2D eigenvalue weighted by atomic mass is 9.92. The van der Waals surface area contributed by atoms with Gasteiger partial charge in [-0.05, 0) is 36.6 Å². The van der Waals surface area contributed by atoms with Crippen LogP contribution in [0, 0.1) is 5.82 Å². The molecule has 0 fully saturated rings. The molecule has 6 heteroatoms. The van der Waals surface area contributed by atoms with E-state index in [-0.39, 0.29) is 10.5 Å². The Bertz CT molecular complexity index is 1000. The summed E-state index contributed by atoms with van der Waals surface area (Å²) >= 11 is 0. The van der Waals surface area contributed by atoms with E-state index >= 15 is 0 Å². The van der Waals surface area contributed by atoms with E-state index in [1.807, 2.05) is 31.2 Å². The third kappa shape index (κ3) is 3.29. The number of cyclic esters (lactones) is 1. The van der Waals surface area contributed by atoms with E-state index < -0.39 is 27.7 Å². The first-order valence-corrected chi connectivity index (χ1v) is 10.2. The van der Waals surface area contributed by atoms with Crippen LogP contribution in [-0.4, -0.2) is 26.7 Å². The lowest BCUT2D eigenvalue weighted by Crippen LogP contribution is -2.07. The Morgan fingerprint density at radius 2 is 1.77 bits per heavy atom. The van der Waals surface area contributed by atoms with E-state index in [1.165, 1.54) is 12.1 Å². The summed E-state index contributed by atoms with van der Waals surface area (Å²) in [4.78, 5) is 12.3. The fourth-order valence-corrected chi connectivity index (χ4v) is 3.70. The molecule has 1 atom stereocenters. The second-order valence-corrected chi connectivity index (χ2v) is 8.32. The van der Waals surface area contributed by atoms with Crippen LogP contribution < -0.4 is 0 Å². The van der Waals surface area contributed by atoms with Crippen LogP contribution in [0.15, 0.2) is 47.4 Å². The number of sulfone groups is 1. The number of carbonyl (C=O) groups is 1. The second-order valence-electron chi connectivity index (χ2n) is 6.30. The topological polar surface area (TPSA) is 60.4 Å². The molecule has 2 aromatic rings. The number of esters is 1. The van der Waals surface area contributed by atoms with Crippen LogP contribution in [0.5, 0.6) is 0 Å². The van der Waals surface area contributed by atoms with E-state index in [2.05, 4.69) is 0 Å². The maximum atomic E-state index is 14.7. The number of halogens is 1. The molecule has 0 aromatic heterocycles. The molecule has 1 heterocycles. The van der Waals surface area contributed by atoms with Gasteiger partial charge >= 0.3 is 5.97 Å². The summed E-state index contributed by atoms with van der Waals surface area (Å²) in [6, 6.07) is 11.2. The first kappa shape index (κ1) is 18.3. The molecule has 3 rings (SSSR count). The molecule has 1 aliphatic heterocycles. The molecule has 26 heavy (non-hydrogen) atoms. The van der Waals surface area contributed by atoms with Crippen molar-refractivity contribution in [1.29, 1.82) is 0 Å². The Labute approximate surface area is 152 Å². The summed E-state index contributed by atoms with van der Waals surface area (Å²) in [6.07, 6.45) is 1.27. The highest BCUT2D eigenvalue weighted by atomic mass is 32.2. The SMILES string of the molecule is CCc1ccc(C2=C(c3ccc(S(C)(=O)=O)cc3F)C(C)OC2=O)cc1. The van der Waals surface area contributed by atoms with Crippen LogP contribution in [0.3, 0.4) is 0 Å². The van der Waals surface area contributed by atoms with Gasteiger partial charge in [-0.25, -0.2) is 17.6 Å². The van der Waals surface area contributed by atoms with Crippen molar-refractivity contribution in [3.63, 3.8) is 0 Å². The molecule has 0 aliphatic carbocycles. The lowest BCUT2D eigenvalue weighted by molar-refractivity contribution is -0.136. The van der Waals surface area contributed by atoms with E-state index in [0.717, 1.165) is 24.3 Å². The van der Waals surface area contributed by atoms with Gasteiger partial charge in [0.1, 0.15) is 11.9 Å². The summed E-state index contributed by atoms with van der Waals surface area (Å²) < 4.78 is 43.2. The van der Waals surface area contributed by atoms with Crippen molar-refractivity contribution in [2.24, 2.45) is 0 Å². The Balaban J connectivity index is 2.18. The van der Waals surface area contributed by atoms with Crippen LogP contribution in [0.4, 0.5) is 4.39 Å². The van der Waals surface area contributed by atoms with Crippen LogP contribution >= 0.6 is 0 Å². The molecule has 0 amide bonds. The molecule has 0 N–H and O–H groups in total. The van der Waals surface area contributed by atoms with Gasteiger partial charge in [0, 0.05) is 17.4 Å². The van der Waals surface area contributed by atoms with Gasteiger partial charge in [-0.15, -0.1) is 0 Å². The molecule has 0 saturated heterocycles. The molecule has 1 unspecified atom stereocenters. The number of aryl methyl sites for hydroxylation is 1. The van der Waals surface area contributed by atoms with E-state index in [1.54, 1.807) is 6.92 Å². The molecule has 2 aromatic carbocycles. The zero-order chi connectivity index (χ0) is 19.1. The maximum Gasteiger partial charge on any atom is 0.339 e.